The standard InChI is InChI=1S/C17H14N2O/c1-12(20)13-6-7-14(9-18)17(8-13)19-10-15-4-2-3-5-16(15)11-19/h2-8H,10-11H2,1H3. The number of benzene rings is 2. The second-order valence-electron chi connectivity index (χ2n) is 5.02. The maximum absolute atomic E-state index is 11.5. The third kappa shape index (κ3) is 2.06. The van der Waals surface area contributed by atoms with E-state index in [2.05, 4.69) is 23.1 Å². The molecule has 0 saturated carbocycles. The fourth-order valence-corrected chi connectivity index (χ4v) is 2.61. The molecule has 3 heteroatoms. The van der Waals surface area contributed by atoms with Crippen molar-refractivity contribution in [1.82, 2.24) is 0 Å². The summed E-state index contributed by atoms with van der Waals surface area (Å²) in [5, 5.41) is 9.26. The van der Waals surface area contributed by atoms with Crippen LogP contribution >= 0.6 is 0 Å². The first-order valence-corrected chi connectivity index (χ1v) is 6.56. The fourth-order valence-electron chi connectivity index (χ4n) is 2.61. The Labute approximate surface area is 118 Å². The number of fused-ring (bicyclic) bond motifs is 1. The lowest BCUT2D eigenvalue weighted by atomic mass is 10.1. The van der Waals surface area contributed by atoms with E-state index in [0.29, 0.717) is 11.1 Å². The van der Waals surface area contributed by atoms with E-state index in [-0.39, 0.29) is 5.78 Å². The Morgan fingerprint density at radius 3 is 2.35 bits per heavy atom. The maximum Gasteiger partial charge on any atom is 0.159 e. The number of ketones is 1. The molecular weight excluding hydrogens is 248 g/mol. The molecule has 0 aromatic heterocycles. The van der Waals surface area contributed by atoms with Gasteiger partial charge in [0.1, 0.15) is 6.07 Å². The van der Waals surface area contributed by atoms with Gasteiger partial charge in [-0.1, -0.05) is 24.3 Å². The van der Waals surface area contributed by atoms with Crippen LogP contribution in [0.1, 0.15) is 34.0 Å². The first kappa shape index (κ1) is 12.4. The van der Waals surface area contributed by atoms with Crippen molar-refractivity contribution < 1.29 is 4.79 Å². The molecule has 0 amide bonds. The van der Waals surface area contributed by atoms with Gasteiger partial charge >= 0.3 is 0 Å². The van der Waals surface area contributed by atoms with Gasteiger partial charge in [0, 0.05) is 18.7 Å². The number of hydrogen-bond acceptors (Lipinski definition) is 3. The first-order chi connectivity index (χ1) is 9.69. The number of carbonyl (C=O) groups excluding carboxylic acids is 1. The van der Waals surface area contributed by atoms with E-state index in [1.807, 2.05) is 18.2 Å². The highest BCUT2D eigenvalue weighted by molar-refractivity contribution is 5.95. The van der Waals surface area contributed by atoms with Crippen molar-refractivity contribution in [3.05, 3.63) is 64.7 Å². The minimum Gasteiger partial charge on any atom is -0.362 e. The van der Waals surface area contributed by atoms with E-state index in [4.69, 9.17) is 0 Å². The molecule has 0 N–H and O–H groups in total. The summed E-state index contributed by atoms with van der Waals surface area (Å²) < 4.78 is 0. The summed E-state index contributed by atoms with van der Waals surface area (Å²) in [5.74, 6) is 0.0208. The molecule has 0 fully saturated rings. The molecule has 3 nitrogen and oxygen atoms in total. The fraction of sp³-hybridized carbons (Fsp3) is 0.176. The molecule has 0 radical (unpaired) electrons. The van der Waals surface area contributed by atoms with Crippen molar-refractivity contribution in [3.63, 3.8) is 0 Å². The predicted molar refractivity (Wildman–Crippen MR) is 77.5 cm³/mol. The quantitative estimate of drug-likeness (QED) is 0.780. The van der Waals surface area contributed by atoms with Crippen LogP contribution in [0.3, 0.4) is 0 Å². The SMILES string of the molecule is CC(=O)c1ccc(C#N)c(N2Cc3ccccc3C2)c1. The highest BCUT2D eigenvalue weighted by Crippen LogP contribution is 2.31. The Morgan fingerprint density at radius 2 is 1.80 bits per heavy atom. The van der Waals surface area contributed by atoms with Crippen molar-refractivity contribution in [2.24, 2.45) is 0 Å². The third-order valence-electron chi connectivity index (χ3n) is 3.71. The van der Waals surface area contributed by atoms with Crippen molar-refractivity contribution >= 4 is 11.5 Å². The van der Waals surface area contributed by atoms with E-state index in [0.717, 1.165) is 18.8 Å². The molecule has 0 bridgehead atoms. The minimum absolute atomic E-state index is 0.0208. The van der Waals surface area contributed by atoms with Gasteiger partial charge in [0.25, 0.3) is 0 Å². The number of hydrogen-bond donors (Lipinski definition) is 0. The van der Waals surface area contributed by atoms with E-state index in [1.54, 1.807) is 19.1 Å². The van der Waals surface area contributed by atoms with E-state index in [9.17, 15) is 10.1 Å². The molecular formula is C17H14N2O. The van der Waals surface area contributed by atoms with Crippen molar-refractivity contribution in [3.8, 4) is 6.07 Å². The molecule has 0 spiro atoms. The molecule has 98 valence electrons. The molecule has 3 rings (SSSR count). The number of nitriles is 1. The molecule has 1 aliphatic heterocycles. The summed E-state index contributed by atoms with van der Waals surface area (Å²) >= 11 is 0. The molecule has 1 heterocycles. The van der Waals surface area contributed by atoms with Crippen molar-refractivity contribution in [2.75, 3.05) is 4.90 Å². The molecule has 20 heavy (non-hydrogen) atoms. The summed E-state index contributed by atoms with van der Waals surface area (Å²) in [4.78, 5) is 13.7. The summed E-state index contributed by atoms with van der Waals surface area (Å²) in [6, 6.07) is 15.8. The molecule has 0 unspecified atom stereocenters. The van der Waals surface area contributed by atoms with Crippen LogP contribution in [0.25, 0.3) is 0 Å². The maximum atomic E-state index is 11.5. The van der Waals surface area contributed by atoms with E-state index in [1.165, 1.54) is 11.1 Å². The highest BCUT2D eigenvalue weighted by atomic mass is 16.1. The smallest absolute Gasteiger partial charge is 0.159 e. The van der Waals surface area contributed by atoms with Gasteiger partial charge in [-0.25, -0.2) is 0 Å². The second kappa shape index (κ2) is 4.82. The number of nitrogens with zero attached hydrogens (tertiary/aromatic N) is 2. The van der Waals surface area contributed by atoms with Crippen LogP contribution in [-0.2, 0) is 13.1 Å². The van der Waals surface area contributed by atoms with Crippen molar-refractivity contribution in [2.45, 2.75) is 20.0 Å². The van der Waals surface area contributed by atoms with Gasteiger partial charge in [0.15, 0.2) is 5.78 Å². The summed E-state index contributed by atoms with van der Waals surface area (Å²) in [6.07, 6.45) is 0. The number of carbonyl (C=O) groups is 1. The monoisotopic (exact) mass is 262 g/mol. The number of anilines is 1. The van der Waals surface area contributed by atoms with Gasteiger partial charge in [0.05, 0.1) is 11.3 Å². The molecule has 2 aromatic carbocycles. The Balaban J connectivity index is 2.01. The van der Waals surface area contributed by atoms with Crippen LogP contribution in [0.15, 0.2) is 42.5 Å². The minimum atomic E-state index is 0.0208. The highest BCUT2D eigenvalue weighted by Gasteiger charge is 2.21. The summed E-state index contributed by atoms with van der Waals surface area (Å²) in [6.45, 7) is 3.11. The molecule has 2 aromatic rings. The second-order valence-corrected chi connectivity index (χ2v) is 5.02. The average Bonchev–Trinajstić information content (AvgIpc) is 2.90. The summed E-state index contributed by atoms with van der Waals surface area (Å²) in [5.41, 5.74) is 4.67. The van der Waals surface area contributed by atoms with Gasteiger partial charge in [0.2, 0.25) is 0 Å². The lowest BCUT2D eigenvalue weighted by Gasteiger charge is -2.19. The number of Topliss-reactive ketones (excluding diaryl/α,β-unsaturated/α-hetero) is 1. The van der Waals surface area contributed by atoms with Gasteiger partial charge in [-0.15, -0.1) is 0 Å². The first-order valence-electron chi connectivity index (χ1n) is 6.56. The molecule has 0 atom stereocenters. The van der Waals surface area contributed by atoms with Crippen LogP contribution in [0.4, 0.5) is 5.69 Å². The predicted octanol–water partition coefficient (Wildman–Crippen LogP) is 3.28. The zero-order chi connectivity index (χ0) is 14.1. The van der Waals surface area contributed by atoms with Crippen molar-refractivity contribution in [1.29, 1.82) is 5.26 Å². The zero-order valence-corrected chi connectivity index (χ0v) is 11.3. The zero-order valence-electron chi connectivity index (χ0n) is 11.3. The number of rotatable bonds is 2. The van der Waals surface area contributed by atoms with Gasteiger partial charge < -0.3 is 4.90 Å². The lowest BCUT2D eigenvalue weighted by molar-refractivity contribution is 0.101. The Kier molecular flexibility index (Phi) is 3.00. The van der Waals surface area contributed by atoms with Crippen LogP contribution in [-0.4, -0.2) is 5.78 Å². The topological polar surface area (TPSA) is 44.1 Å². The third-order valence-corrected chi connectivity index (χ3v) is 3.71. The van der Waals surface area contributed by atoms with Crippen LogP contribution in [0.2, 0.25) is 0 Å². The Bertz CT molecular complexity index is 703. The molecule has 0 saturated heterocycles. The van der Waals surface area contributed by atoms with Gasteiger partial charge in [-0.3, -0.25) is 4.79 Å². The largest absolute Gasteiger partial charge is 0.362 e. The summed E-state index contributed by atoms with van der Waals surface area (Å²) in [7, 11) is 0. The normalized spacial score (nSPS) is 12.9. The van der Waals surface area contributed by atoms with Crippen LogP contribution in [0, 0.1) is 11.3 Å². The van der Waals surface area contributed by atoms with Crippen LogP contribution in [0.5, 0.6) is 0 Å². The average molecular weight is 262 g/mol. The van der Waals surface area contributed by atoms with Gasteiger partial charge in [-0.2, -0.15) is 5.26 Å². The Morgan fingerprint density at radius 1 is 1.15 bits per heavy atom. The lowest BCUT2D eigenvalue weighted by Crippen LogP contribution is -2.16. The van der Waals surface area contributed by atoms with Gasteiger partial charge in [-0.05, 0) is 36.2 Å². The van der Waals surface area contributed by atoms with E-state index >= 15 is 0 Å². The molecule has 1 aliphatic rings. The van der Waals surface area contributed by atoms with Crippen LogP contribution < -0.4 is 4.90 Å². The van der Waals surface area contributed by atoms with E-state index < -0.39 is 0 Å². The molecule has 0 aliphatic carbocycles. The Hall–Kier alpha value is -2.60.